The Balaban J connectivity index is 3.93. The maximum Gasteiger partial charge on any atom is 0.472 e. The fourth-order valence-electron chi connectivity index (χ4n) is 4.46. The van der Waals surface area contributed by atoms with Gasteiger partial charge in [-0.25, -0.2) is 4.57 Å². The van der Waals surface area contributed by atoms with Crippen molar-refractivity contribution in [3.63, 3.8) is 0 Å². The lowest BCUT2D eigenvalue weighted by Gasteiger charge is -2.19. The number of esters is 2. The first-order valence-corrected chi connectivity index (χ1v) is 18.8. The number of carbonyl (C=O) groups is 2. The third kappa shape index (κ3) is 30.5. The van der Waals surface area contributed by atoms with Gasteiger partial charge in [0, 0.05) is 19.4 Å². The van der Waals surface area contributed by atoms with E-state index in [2.05, 4.69) is 31.2 Å². The van der Waals surface area contributed by atoms with Crippen LogP contribution < -0.4 is 5.73 Å². The van der Waals surface area contributed by atoms with E-state index in [-0.39, 0.29) is 32.6 Å². The average molecular weight is 646 g/mol. The molecule has 3 N–H and O–H groups in total. The molecule has 0 saturated carbocycles. The van der Waals surface area contributed by atoms with E-state index in [0.29, 0.717) is 12.8 Å². The molecule has 44 heavy (non-hydrogen) atoms. The Bertz CT molecular complexity index is 789. The van der Waals surface area contributed by atoms with Crippen LogP contribution in [0.3, 0.4) is 0 Å². The van der Waals surface area contributed by atoms with Gasteiger partial charge in [0.25, 0.3) is 0 Å². The third-order valence-electron chi connectivity index (χ3n) is 7.09. The van der Waals surface area contributed by atoms with Crippen LogP contribution in [0.1, 0.15) is 149 Å². The van der Waals surface area contributed by atoms with Crippen LogP contribution in [0.15, 0.2) is 24.3 Å². The van der Waals surface area contributed by atoms with E-state index < -0.39 is 32.5 Å². The van der Waals surface area contributed by atoms with Crippen molar-refractivity contribution in [3.05, 3.63) is 24.3 Å². The zero-order valence-corrected chi connectivity index (χ0v) is 28.8. The van der Waals surface area contributed by atoms with Gasteiger partial charge >= 0.3 is 19.8 Å². The summed E-state index contributed by atoms with van der Waals surface area (Å²) in [6.07, 6.45) is 30.5. The summed E-state index contributed by atoms with van der Waals surface area (Å²) in [5.41, 5.74) is 5.28. The second-order valence-electron chi connectivity index (χ2n) is 11.4. The summed E-state index contributed by atoms with van der Waals surface area (Å²) in [5, 5.41) is 0. The van der Waals surface area contributed by atoms with Crippen LogP contribution in [0, 0.1) is 0 Å². The number of nitrogens with two attached hydrogens (primary N) is 1. The summed E-state index contributed by atoms with van der Waals surface area (Å²) in [4.78, 5) is 33.9. The summed E-state index contributed by atoms with van der Waals surface area (Å²) < 4.78 is 32.1. The molecular weight excluding hydrogens is 581 g/mol. The van der Waals surface area contributed by atoms with Gasteiger partial charge in [-0.1, -0.05) is 115 Å². The minimum atomic E-state index is -4.35. The molecule has 0 aliphatic rings. The van der Waals surface area contributed by atoms with Gasteiger partial charge in [-0.15, -0.1) is 0 Å². The smallest absolute Gasteiger partial charge is 0.462 e. The van der Waals surface area contributed by atoms with E-state index >= 15 is 0 Å². The lowest BCUT2D eigenvalue weighted by Crippen LogP contribution is -2.29. The topological polar surface area (TPSA) is 134 Å². The van der Waals surface area contributed by atoms with Crippen molar-refractivity contribution in [1.82, 2.24) is 0 Å². The van der Waals surface area contributed by atoms with E-state index in [0.717, 1.165) is 38.5 Å². The number of phosphoric acid groups is 1. The molecule has 258 valence electrons. The molecule has 0 aromatic carbocycles. The molecule has 0 heterocycles. The Morgan fingerprint density at radius 3 is 1.77 bits per heavy atom. The molecule has 0 aromatic heterocycles. The minimum Gasteiger partial charge on any atom is -0.462 e. The quantitative estimate of drug-likeness (QED) is 0.0318. The molecule has 0 spiro atoms. The number of allylic oxidation sites excluding steroid dienone is 4. The van der Waals surface area contributed by atoms with E-state index in [4.69, 9.17) is 24.3 Å². The molecule has 0 aliphatic heterocycles. The molecule has 0 bridgehead atoms. The lowest BCUT2D eigenvalue weighted by molar-refractivity contribution is -0.161. The van der Waals surface area contributed by atoms with Crippen molar-refractivity contribution >= 4 is 19.8 Å². The van der Waals surface area contributed by atoms with Crippen molar-refractivity contribution in [3.8, 4) is 0 Å². The fourth-order valence-corrected chi connectivity index (χ4v) is 5.23. The van der Waals surface area contributed by atoms with Gasteiger partial charge in [0.1, 0.15) is 6.61 Å². The SMILES string of the molecule is CCCCCCC/C=C\C/C=C\CCCCCCCCCCCC(=O)OC(COC(=O)CCCC)COP(=O)(O)OCCN. The zero-order chi connectivity index (χ0) is 32.6. The Morgan fingerprint density at radius 2 is 1.20 bits per heavy atom. The third-order valence-corrected chi connectivity index (χ3v) is 8.07. The summed E-state index contributed by atoms with van der Waals surface area (Å²) >= 11 is 0. The van der Waals surface area contributed by atoms with Crippen molar-refractivity contribution in [2.45, 2.75) is 155 Å². The normalized spacial score (nSPS) is 13.8. The Labute approximate surface area is 268 Å². The van der Waals surface area contributed by atoms with Gasteiger partial charge in [0.2, 0.25) is 0 Å². The van der Waals surface area contributed by atoms with Gasteiger partial charge in [0.05, 0.1) is 13.2 Å². The van der Waals surface area contributed by atoms with Crippen LogP contribution in [-0.4, -0.2) is 49.3 Å². The summed E-state index contributed by atoms with van der Waals surface area (Å²) in [6.45, 7) is 3.43. The number of carbonyl (C=O) groups excluding carboxylic acids is 2. The van der Waals surface area contributed by atoms with Crippen molar-refractivity contribution in [1.29, 1.82) is 0 Å². The van der Waals surface area contributed by atoms with Crippen LogP contribution in [0.4, 0.5) is 0 Å². The van der Waals surface area contributed by atoms with Crippen LogP contribution in [0.25, 0.3) is 0 Å². The van der Waals surface area contributed by atoms with E-state index in [1.807, 2.05) is 6.92 Å². The minimum absolute atomic E-state index is 0.0526. The van der Waals surface area contributed by atoms with Gasteiger partial charge in [-0.05, 0) is 44.9 Å². The highest BCUT2D eigenvalue weighted by molar-refractivity contribution is 7.47. The van der Waals surface area contributed by atoms with E-state index in [9.17, 15) is 19.0 Å². The number of hydrogen-bond donors (Lipinski definition) is 2. The number of rotatable bonds is 32. The zero-order valence-electron chi connectivity index (χ0n) is 27.9. The predicted octanol–water partition coefficient (Wildman–Crippen LogP) is 8.88. The van der Waals surface area contributed by atoms with Crippen LogP contribution in [0.5, 0.6) is 0 Å². The number of unbranched alkanes of at least 4 members (excludes halogenated alkanes) is 15. The molecule has 0 aromatic rings. The van der Waals surface area contributed by atoms with E-state index in [1.165, 1.54) is 70.6 Å². The number of phosphoric ester groups is 1. The number of ether oxygens (including phenoxy) is 2. The monoisotopic (exact) mass is 645 g/mol. The first-order valence-electron chi connectivity index (χ1n) is 17.3. The van der Waals surface area contributed by atoms with Gasteiger partial charge in [0.15, 0.2) is 6.10 Å². The highest BCUT2D eigenvalue weighted by Crippen LogP contribution is 2.43. The molecular formula is C34H64NO8P. The van der Waals surface area contributed by atoms with Gasteiger partial charge in [-0.3, -0.25) is 18.6 Å². The molecule has 10 heteroatoms. The molecule has 2 unspecified atom stereocenters. The molecule has 0 fully saturated rings. The molecule has 0 aliphatic carbocycles. The fraction of sp³-hybridized carbons (Fsp3) is 0.824. The molecule has 0 saturated heterocycles. The second-order valence-corrected chi connectivity index (χ2v) is 12.8. The number of hydrogen-bond acceptors (Lipinski definition) is 8. The molecule has 9 nitrogen and oxygen atoms in total. The van der Waals surface area contributed by atoms with Crippen LogP contribution >= 0.6 is 7.82 Å². The highest BCUT2D eigenvalue weighted by Gasteiger charge is 2.25. The molecule has 0 radical (unpaired) electrons. The van der Waals surface area contributed by atoms with Crippen molar-refractivity contribution < 1.29 is 37.6 Å². The molecule has 2 atom stereocenters. The second kappa shape index (κ2) is 31.5. The summed E-state index contributed by atoms with van der Waals surface area (Å²) in [5.74, 6) is -0.875. The largest absolute Gasteiger partial charge is 0.472 e. The molecule has 0 rings (SSSR count). The van der Waals surface area contributed by atoms with Crippen LogP contribution in [0.2, 0.25) is 0 Å². The highest BCUT2D eigenvalue weighted by atomic mass is 31.2. The Kier molecular flexibility index (Phi) is 30.4. The summed E-state index contributed by atoms with van der Waals surface area (Å²) in [7, 11) is -4.35. The van der Waals surface area contributed by atoms with Crippen LogP contribution in [-0.2, 0) is 32.7 Å². The van der Waals surface area contributed by atoms with Gasteiger partial charge < -0.3 is 20.1 Å². The Hall–Kier alpha value is -1.51. The van der Waals surface area contributed by atoms with Crippen molar-refractivity contribution in [2.75, 3.05) is 26.4 Å². The predicted molar refractivity (Wildman–Crippen MR) is 178 cm³/mol. The molecule has 0 amide bonds. The maximum atomic E-state index is 12.4. The summed E-state index contributed by atoms with van der Waals surface area (Å²) in [6, 6.07) is 0. The lowest BCUT2D eigenvalue weighted by atomic mass is 10.1. The average Bonchev–Trinajstić information content (AvgIpc) is 3.01. The maximum absolute atomic E-state index is 12.4. The van der Waals surface area contributed by atoms with Crippen molar-refractivity contribution in [2.24, 2.45) is 5.73 Å². The standard InChI is InChI=1S/C34H64NO8P/c1-3-5-7-8-9-10-11-12-13-14-15-16-17-18-19-20-21-22-23-24-25-27-34(37)43-32(30-40-33(36)26-6-4-2)31-42-44(38,39)41-29-28-35/h11-12,14-15,32H,3-10,13,16-31,35H2,1-2H3,(H,38,39)/b12-11-,15-14-. The van der Waals surface area contributed by atoms with E-state index in [1.54, 1.807) is 0 Å². The Morgan fingerprint density at radius 1 is 0.682 bits per heavy atom. The van der Waals surface area contributed by atoms with Gasteiger partial charge in [-0.2, -0.15) is 0 Å². The first-order chi connectivity index (χ1) is 21.3. The first kappa shape index (κ1) is 42.5.